The van der Waals surface area contributed by atoms with E-state index in [2.05, 4.69) is 20.8 Å². The van der Waals surface area contributed by atoms with Gasteiger partial charge in [0.25, 0.3) is 0 Å². The van der Waals surface area contributed by atoms with Gasteiger partial charge in [0.1, 0.15) is 0 Å². The molecule has 0 aliphatic carbocycles. The van der Waals surface area contributed by atoms with Crippen LogP contribution in [0.4, 0.5) is 6.01 Å². The van der Waals surface area contributed by atoms with E-state index in [0.29, 0.717) is 24.9 Å². The molecule has 2 heterocycles. The van der Waals surface area contributed by atoms with Gasteiger partial charge in [-0.25, -0.2) is 8.42 Å². The van der Waals surface area contributed by atoms with Gasteiger partial charge in [-0.1, -0.05) is 12.0 Å². The Labute approximate surface area is 113 Å². The molecule has 7 nitrogen and oxygen atoms in total. The van der Waals surface area contributed by atoms with E-state index >= 15 is 0 Å². The third kappa shape index (κ3) is 3.90. The number of hydrogen-bond donors (Lipinski definition) is 2. The maximum absolute atomic E-state index is 11.3. The average Bonchev–Trinajstić information content (AvgIpc) is 2.93. The lowest BCUT2D eigenvalue weighted by Crippen LogP contribution is -2.18. The maximum atomic E-state index is 11.3. The Morgan fingerprint density at radius 1 is 1.47 bits per heavy atom. The third-order valence-electron chi connectivity index (χ3n) is 3.19. The molecule has 0 bridgehead atoms. The van der Waals surface area contributed by atoms with Crippen LogP contribution in [0.1, 0.15) is 32.2 Å². The summed E-state index contributed by atoms with van der Waals surface area (Å²) in [6, 6.07) is 0.365. The van der Waals surface area contributed by atoms with Crippen molar-refractivity contribution in [2.75, 3.05) is 29.9 Å². The highest BCUT2D eigenvalue weighted by Crippen LogP contribution is 2.19. The molecule has 2 N–H and O–H groups in total. The molecule has 2 unspecified atom stereocenters. The SMILES string of the molecule is CCNC(C)c1nnc(NCC2CCS(=O)(=O)C2)o1. The Morgan fingerprint density at radius 3 is 2.89 bits per heavy atom. The second-order valence-corrected chi connectivity index (χ2v) is 7.10. The predicted octanol–water partition coefficient (Wildman–Crippen LogP) is 0.587. The van der Waals surface area contributed by atoms with Crippen LogP contribution in [0.5, 0.6) is 0 Å². The fourth-order valence-corrected chi connectivity index (χ4v) is 4.00. The molecule has 1 aliphatic heterocycles. The van der Waals surface area contributed by atoms with Gasteiger partial charge in [0.15, 0.2) is 9.84 Å². The number of aromatic nitrogens is 2. The number of nitrogens with one attached hydrogen (secondary N) is 2. The van der Waals surface area contributed by atoms with Crippen LogP contribution in [0.3, 0.4) is 0 Å². The van der Waals surface area contributed by atoms with Crippen LogP contribution in [0.2, 0.25) is 0 Å². The van der Waals surface area contributed by atoms with Crippen molar-refractivity contribution in [2.24, 2.45) is 5.92 Å². The van der Waals surface area contributed by atoms with Crippen LogP contribution in [0.25, 0.3) is 0 Å². The summed E-state index contributed by atoms with van der Waals surface area (Å²) in [5.74, 6) is 1.19. The van der Waals surface area contributed by atoms with E-state index in [4.69, 9.17) is 4.42 Å². The van der Waals surface area contributed by atoms with Gasteiger partial charge in [0.2, 0.25) is 5.89 Å². The fourth-order valence-electron chi connectivity index (χ4n) is 2.14. The Kier molecular flexibility index (Phi) is 4.41. The van der Waals surface area contributed by atoms with E-state index in [-0.39, 0.29) is 23.5 Å². The fraction of sp³-hybridized carbons (Fsp3) is 0.818. The quantitative estimate of drug-likeness (QED) is 0.790. The van der Waals surface area contributed by atoms with Gasteiger partial charge in [-0.05, 0) is 25.8 Å². The standard InChI is InChI=1S/C11H20N4O3S/c1-3-12-8(2)10-14-15-11(18-10)13-6-9-4-5-19(16,17)7-9/h8-9,12H,3-7H2,1-2H3,(H,13,15). The highest BCUT2D eigenvalue weighted by Gasteiger charge is 2.27. The first-order valence-corrected chi connectivity index (χ1v) is 8.33. The van der Waals surface area contributed by atoms with Crippen molar-refractivity contribution in [2.45, 2.75) is 26.3 Å². The number of hydrogen-bond acceptors (Lipinski definition) is 7. The zero-order chi connectivity index (χ0) is 13.9. The molecule has 108 valence electrons. The zero-order valence-electron chi connectivity index (χ0n) is 11.2. The number of anilines is 1. The van der Waals surface area contributed by atoms with E-state index in [9.17, 15) is 8.42 Å². The second kappa shape index (κ2) is 5.87. The van der Waals surface area contributed by atoms with Gasteiger partial charge in [0.05, 0.1) is 17.5 Å². The topological polar surface area (TPSA) is 97.1 Å². The molecule has 0 radical (unpaired) electrons. The maximum Gasteiger partial charge on any atom is 0.315 e. The molecular weight excluding hydrogens is 268 g/mol. The first kappa shape index (κ1) is 14.3. The molecule has 2 rings (SSSR count). The Morgan fingerprint density at radius 2 is 2.26 bits per heavy atom. The smallest absolute Gasteiger partial charge is 0.315 e. The number of nitrogens with zero attached hydrogens (tertiary/aromatic N) is 2. The Hall–Kier alpha value is -1.15. The van der Waals surface area contributed by atoms with Gasteiger partial charge in [-0.2, -0.15) is 0 Å². The summed E-state index contributed by atoms with van der Waals surface area (Å²) in [5, 5.41) is 14.0. The molecule has 1 aromatic heterocycles. The summed E-state index contributed by atoms with van der Waals surface area (Å²) < 4.78 is 28.1. The van der Waals surface area contributed by atoms with Crippen LogP contribution in [-0.2, 0) is 9.84 Å². The van der Waals surface area contributed by atoms with Gasteiger partial charge < -0.3 is 15.1 Å². The lowest BCUT2D eigenvalue weighted by molar-refractivity contribution is 0.427. The summed E-state index contributed by atoms with van der Waals surface area (Å²) in [5.41, 5.74) is 0. The first-order valence-electron chi connectivity index (χ1n) is 6.51. The van der Waals surface area contributed by atoms with Gasteiger partial charge in [0, 0.05) is 6.54 Å². The van der Waals surface area contributed by atoms with Crippen molar-refractivity contribution < 1.29 is 12.8 Å². The molecule has 1 aromatic rings. The van der Waals surface area contributed by atoms with Crippen LogP contribution in [0, 0.1) is 5.92 Å². The lowest BCUT2D eigenvalue weighted by Gasteiger charge is -2.07. The summed E-state index contributed by atoms with van der Waals surface area (Å²) >= 11 is 0. The van der Waals surface area contributed by atoms with Crippen molar-refractivity contribution in [1.82, 2.24) is 15.5 Å². The second-order valence-electron chi connectivity index (χ2n) is 4.87. The van der Waals surface area contributed by atoms with Crippen LogP contribution in [0.15, 0.2) is 4.42 Å². The number of sulfone groups is 1. The average molecular weight is 288 g/mol. The monoisotopic (exact) mass is 288 g/mol. The highest BCUT2D eigenvalue weighted by atomic mass is 32.2. The molecule has 0 spiro atoms. The minimum absolute atomic E-state index is 0.0138. The number of rotatable bonds is 6. The van der Waals surface area contributed by atoms with Gasteiger partial charge >= 0.3 is 6.01 Å². The van der Waals surface area contributed by atoms with Crippen molar-refractivity contribution in [1.29, 1.82) is 0 Å². The largest absolute Gasteiger partial charge is 0.406 e. The van der Waals surface area contributed by atoms with E-state index < -0.39 is 9.84 Å². The van der Waals surface area contributed by atoms with E-state index in [1.807, 2.05) is 13.8 Å². The molecular formula is C11H20N4O3S. The normalized spacial score (nSPS) is 23.4. The summed E-state index contributed by atoms with van der Waals surface area (Å²) in [7, 11) is -2.83. The molecule has 1 fully saturated rings. The van der Waals surface area contributed by atoms with E-state index in [0.717, 1.165) is 6.54 Å². The van der Waals surface area contributed by atoms with Crippen LogP contribution >= 0.6 is 0 Å². The third-order valence-corrected chi connectivity index (χ3v) is 5.03. The Balaban J connectivity index is 1.84. The van der Waals surface area contributed by atoms with E-state index in [1.165, 1.54) is 0 Å². The summed E-state index contributed by atoms with van der Waals surface area (Å²) in [4.78, 5) is 0. The van der Waals surface area contributed by atoms with Gasteiger partial charge in [-0.3, -0.25) is 0 Å². The zero-order valence-corrected chi connectivity index (χ0v) is 12.0. The molecule has 8 heteroatoms. The van der Waals surface area contributed by atoms with Crippen molar-refractivity contribution in [3.63, 3.8) is 0 Å². The Bertz CT molecular complexity index is 514. The molecule has 0 saturated carbocycles. The van der Waals surface area contributed by atoms with Crippen molar-refractivity contribution in [3.05, 3.63) is 5.89 Å². The molecule has 19 heavy (non-hydrogen) atoms. The van der Waals surface area contributed by atoms with Crippen LogP contribution < -0.4 is 10.6 Å². The summed E-state index contributed by atoms with van der Waals surface area (Å²) in [6.45, 7) is 5.33. The molecule has 1 aliphatic rings. The minimum atomic E-state index is -2.83. The lowest BCUT2D eigenvalue weighted by atomic mass is 10.1. The predicted molar refractivity (Wildman–Crippen MR) is 71.6 cm³/mol. The van der Waals surface area contributed by atoms with Crippen LogP contribution in [-0.4, -0.2) is 43.2 Å². The van der Waals surface area contributed by atoms with E-state index in [1.54, 1.807) is 0 Å². The first-order chi connectivity index (χ1) is 9.00. The molecule has 1 saturated heterocycles. The summed E-state index contributed by atoms with van der Waals surface area (Å²) in [6.07, 6.45) is 0.699. The molecule has 0 amide bonds. The molecule has 2 atom stereocenters. The molecule has 0 aromatic carbocycles. The van der Waals surface area contributed by atoms with Crippen molar-refractivity contribution >= 4 is 15.9 Å². The minimum Gasteiger partial charge on any atom is -0.406 e. The highest BCUT2D eigenvalue weighted by molar-refractivity contribution is 7.91. The van der Waals surface area contributed by atoms with Crippen molar-refractivity contribution in [3.8, 4) is 0 Å². The van der Waals surface area contributed by atoms with Gasteiger partial charge in [-0.15, -0.1) is 5.10 Å².